The number of allylic oxidation sites excluding steroid dienone is 3. The lowest BCUT2D eigenvalue weighted by Crippen LogP contribution is -2.52. The van der Waals surface area contributed by atoms with Gasteiger partial charge in [0.1, 0.15) is 6.10 Å². The van der Waals surface area contributed by atoms with Crippen LogP contribution in [0.4, 0.5) is 26.3 Å². The molecule has 0 saturated carbocycles. The normalized spacial score (nSPS) is 16.2. The summed E-state index contributed by atoms with van der Waals surface area (Å²) in [5.41, 5.74) is -7.71. The highest BCUT2D eigenvalue weighted by atomic mass is 19.4. The van der Waals surface area contributed by atoms with Gasteiger partial charge in [0.2, 0.25) is 0 Å². The second kappa shape index (κ2) is 17.1. The summed E-state index contributed by atoms with van der Waals surface area (Å²) in [6.45, 7) is 1.44. The summed E-state index contributed by atoms with van der Waals surface area (Å²) in [6, 6.07) is 12.6. The van der Waals surface area contributed by atoms with Crippen LogP contribution in [0.3, 0.4) is 0 Å². The molecule has 0 amide bonds. The number of rotatable bonds is 16. The van der Waals surface area contributed by atoms with Gasteiger partial charge < -0.3 is 23.7 Å². The maximum atomic E-state index is 14.2. The maximum absolute atomic E-state index is 14.2. The van der Waals surface area contributed by atoms with Crippen molar-refractivity contribution in [3.63, 3.8) is 0 Å². The first-order chi connectivity index (χ1) is 22.1. The monoisotopic (exact) mass is 674 g/mol. The third-order valence-electron chi connectivity index (χ3n) is 7.06. The molecule has 0 saturated heterocycles. The van der Waals surface area contributed by atoms with Crippen LogP contribution in [0.15, 0.2) is 85.0 Å². The Kier molecular flexibility index (Phi) is 14.2. The number of esters is 3. The molecular formula is C33H36F6O8. The van der Waals surface area contributed by atoms with Crippen LogP contribution in [-0.4, -0.2) is 63.8 Å². The summed E-state index contributed by atoms with van der Waals surface area (Å²) in [4.78, 5) is 37.6. The van der Waals surface area contributed by atoms with Gasteiger partial charge in [0.05, 0.1) is 19.6 Å². The highest BCUT2D eigenvalue weighted by molar-refractivity contribution is 5.84. The fourth-order valence-corrected chi connectivity index (χ4v) is 4.60. The third-order valence-corrected chi connectivity index (χ3v) is 7.06. The standard InChI is InChI=1S/C33H36F6O8/c1-23(46-28(41)30(44-3,32(34,35)36)24-17-11-8-12-18-24)16-10-6-5-7-15-21-26(22-27(40)43-2)47-29(42)31(45-4,33(37,38)39)25-19-13-9-14-20-25/h5,7-9,11-15,17-21,23,26H,6,10,16,22H2,1-4H3/b7-5+,21-15+/t23-,26-,30-,31-/m1/s1. The fourth-order valence-electron chi connectivity index (χ4n) is 4.60. The van der Waals surface area contributed by atoms with E-state index >= 15 is 0 Å². The molecule has 4 atom stereocenters. The molecule has 8 nitrogen and oxygen atoms in total. The number of hydrogen-bond acceptors (Lipinski definition) is 8. The highest BCUT2D eigenvalue weighted by Gasteiger charge is 2.65. The second-order valence-corrected chi connectivity index (χ2v) is 10.2. The first kappa shape index (κ1) is 39.0. The predicted octanol–water partition coefficient (Wildman–Crippen LogP) is 6.88. The van der Waals surface area contributed by atoms with Crippen LogP contribution in [0.5, 0.6) is 0 Å². The van der Waals surface area contributed by atoms with Crippen molar-refractivity contribution >= 4 is 17.9 Å². The van der Waals surface area contributed by atoms with Crippen LogP contribution in [0.25, 0.3) is 0 Å². The molecule has 258 valence electrons. The van der Waals surface area contributed by atoms with Gasteiger partial charge in [0.25, 0.3) is 11.2 Å². The van der Waals surface area contributed by atoms with Crippen molar-refractivity contribution in [1.29, 1.82) is 0 Å². The SMILES string of the molecule is COC(=O)C[C@@H](/C=C/C=C/CCC[C@@H](C)OC(=O)[C@](OC)(c1ccccc1)C(F)(F)F)OC(=O)[C@](OC)(c1ccccc1)C(F)(F)F. The molecule has 0 fully saturated rings. The van der Waals surface area contributed by atoms with Crippen LogP contribution in [0.1, 0.15) is 43.7 Å². The van der Waals surface area contributed by atoms with Crippen molar-refractivity contribution in [2.75, 3.05) is 21.3 Å². The van der Waals surface area contributed by atoms with E-state index in [4.69, 9.17) is 18.9 Å². The third kappa shape index (κ3) is 9.44. The van der Waals surface area contributed by atoms with Crippen molar-refractivity contribution in [1.82, 2.24) is 0 Å². The molecule has 2 aromatic carbocycles. The Labute approximate surface area is 268 Å². The number of carbonyl (C=O) groups is 3. The Bertz CT molecular complexity index is 1360. The van der Waals surface area contributed by atoms with E-state index in [-0.39, 0.29) is 6.42 Å². The largest absolute Gasteiger partial charge is 0.469 e. The van der Waals surface area contributed by atoms with E-state index in [9.17, 15) is 40.7 Å². The summed E-state index contributed by atoms with van der Waals surface area (Å²) in [5.74, 6) is -4.25. The van der Waals surface area contributed by atoms with Crippen molar-refractivity contribution < 1.29 is 64.4 Å². The average molecular weight is 675 g/mol. The number of carbonyl (C=O) groups excluding carboxylic acids is 3. The van der Waals surface area contributed by atoms with E-state index in [1.54, 1.807) is 6.08 Å². The summed E-state index contributed by atoms with van der Waals surface area (Å²) in [5, 5.41) is 0. The fraction of sp³-hybridized carbons (Fsp3) is 0.424. The Morgan fingerprint density at radius 2 is 1.19 bits per heavy atom. The minimum absolute atomic E-state index is 0.185. The quantitative estimate of drug-likeness (QED) is 0.0625. The zero-order valence-electron chi connectivity index (χ0n) is 26.1. The summed E-state index contributed by atoms with van der Waals surface area (Å²) in [6.07, 6.45) is -6.77. The minimum atomic E-state index is -5.22. The van der Waals surface area contributed by atoms with Gasteiger partial charge in [-0.05, 0) is 32.3 Å². The molecule has 0 N–H and O–H groups in total. The zero-order chi connectivity index (χ0) is 35.3. The van der Waals surface area contributed by atoms with Gasteiger partial charge in [0, 0.05) is 25.3 Å². The van der Waals surface area contributed by atoms with Crippen LogP contribution < -0.4 is 0 Å². The summed E-state index contributed by atoms with van der Waals surface area (Å²) in [7, 11) is 2.54. The van der Waals surface area contributed by atoms with Gasteiger partial charge in [-0.25, -0.2) is 9.59 Å². The lowest BCUT2D eigenvalue weighted by molar-refractivity contribution is -0.278. The Balaban J connectivity index is 2.06. The second-order valence-electron chi connectivity index (χ2n) is 10.2. The molecule has 0 heterocycles. The topological polar surface area (TPSA) is 97.4 Å². The van der Waals surface area contributed by atoms with Crippen molar-refractivity contribution in [2.45, 2.75) is 68.4 Å². The predicted molar refractivity (Wildman–Crippen MR) is 157 cm³/mol. The molecule has 2 rings (SSSR count). The van der Waals surface area contributed by atoms with Crippen LogP contribution in [0, 0.1) is 0 Å². The molecule has 0 aliphatic rings. The van der Waals surface area contributed by atoms with Gasteiger partial charge >= 0.3 is 30.3 Å². The molecule has 0 aliphatic heterocycles. The Morgan fingerprint density at radius 1 is 0.723 bits per heavy atom. The van der Waals surface area contributed by atoms with Crippen molar-refractivity contribution in [3.05, 3.63) is 96.1 Å². The van der Waals surface area contributed by atoms with Gasteiger partial charge in [-0.2, -0.15) is 26.3 Å². The number of methoxy groups -OCH3 is 3. The molecule has 0 aromatic heterocycles. The van der Waals surface area contributed by atoms with Gasteiger partial charge in [0.15, 0.2) is 0 Å². The van der Waals surface area contributed by atoms with Crippen LogP contribution in [-0.2, 0) is 49.3 Å². The Hall–Kier alpha value is -4.17. The molecule has 0 spiro atoms. The van der Waals surface area contributed by atoms with E-state index in [0.717, 1.165) is 38.5 Å². The van der Waals surface area contributed by atoms with E-state index in [1.165, 1.54) is 61.5 Å². The molecule has 0 unspecified atom stereocenters. The van der Waals surface area contributed by atoms with Crippen molar-refractivity contribution in [3.8, 4) is 0 Å². The van der Waals surface area contributed by atoms with E-state index in [1.807, 2.05) is 0 Å². The van der Waals surface area contributed by atoms with E-state index < -0.39 is 71.2 Å². The number of halogens is 6. The molecular weight excluding hydrogens is 638 g/mol. The molecule has 2 aromatic rings. The number of hydrogen-bond donors (Lipinski definition) is 0. The molecule has 0 aliphatic carbocycles. The molecule has 14 heteroatoms. The van der Waals surface area contributed by atoms with Gasteiger partial charge in [-0.15, -0.1) is 0 Å². The Morgan fingerprint density at radius 3 is 1.62 bits per heavy atom. The van der Waals surface area contributed by atoms with Gasteiger partial charge in [-0.1, -0.05) is 78.9 Å². The van der Waals surface area contributed by atoms with Crippen molar-refractivity contribution in [2.24, 2.45) is 0 Å². The number of alkyl halides is 6. The maximum Gasteiger partial charge on any atom is 0.432 e. The zero-order valence-corrected chi connectivity index (χ0v) is 26.1. The van der Waals surface area contributed by atoms with E-state index in [0.29, 0.717) is 20.0 Å². The average Bonchev–Trinajstić information content (AvgIpc) is 3.01. The smallest absolute Gasteiger partial charge is 0.432 e. The first-order valence-corrected chi connectivity index (χ1v) is 14.3. The van der Waals surface area contributed by atoms with E-state index in [2.05, 4.69) is 4.74 Å². The first-order valence-electron chi connectivity index (χ1n) is 14.3. The lowest BCUT2D eigenvalue weighted by atomic mass is 9.92. The molecule has 0 radical (unpaired) electrons. The van der Waals surface area contributed by atoms with Gasteiger partial charge in [-0.3, -0.25) is 4.79 Å². The molecule has 47 heavy (non-hydrogen) atoms. The number of ether oxygens (including phenoxy) is 5. The summed E-state index contributed by atoms with van der Waals surface area (Å²) >= 11 is 0. The van der Waals surface area contributed by atoms with Crippen LogP contribution in [0.2, 0.25) is 0 Å². The minimum Gasteiger partial charge on any atom is -0.469 e. The summed E-state index contributed by atoms with van der Waals surface area (Å²) < 4.78 is 109. The lowest BCUT2D eigenvalue weighted by Gasteiger charge is -2.33. The number of unbranched alkanes of at least 4 members (excludes halogenated alkanes) is 1. The van der Waals surface area contributed by atoms with Crippen LogP contribution >= 0.6 is 0 Å². The number of benzene rings is 2. The molecule has 0 bridgehead atoms. The highest BCUT2D eigenvalue weighted by Crippen LogP contribution is 2.44.